The third-order valence-corrected chi connectivity index (χ3v) is 3.00. The van der Waals surface area contributed by atoms with Crippen molar-refractivity contribution < 1.29 is 14.6 Å². The van der Waals surface area contributed by atoms with Crippen molar-refractivity contribution in [3.8, 4) is 11.5 Å². The van der Waals surface area contributed by atoms with Crippen molar-refractivity contribution in [2.75, 3.05) is 7.11 Å². The lowest BCUT2D eigenvalue weighted by molar-refractivity contribution is 0.104. The molecule has 0 spiro atoms. The smallest absolute Gasteiger partial charge is 0.186 e. The van der Waals surface area contributed by atoms with Crippen molar-refractivity contribution in [3.63, 3.8) is 0 Å². The topological polar surface area (TPSA) is 64.4 Å². The maximum absolute atomic E-state index is 12.0. The standard InChI is InChI=1S/C15H16N2O3/c1-10-8-12(16-17(10)2)5-7-13(18)11-4-6-14(19)15(9-11)20-3/h4-9,19H,1-3H3/b7-5+. The van der Waals surface area contributed by atoms with Crippen LogP contribution in [-0.4, -0.2) is 27.8 Å². The summed E-state index contributed by atoms with van der Waals surface area (Å²) in [6.45, 7) is 1.94. The van der Waals surface area contributed by atoms with E-state index < -0.39 is 0 Å². The predicted molar refractivity (Wildman–Crippen MR) is 76.0 cm³/mol. The molecule has 2 rings (SSSR count). The first-order valence-corrected chi connectivity index (χ1v) is 6.11. The Kier molecular flexibility index (Phi) is 3.89. The quantitative estimate of drug-likeness (QED) is 0.685. The van der Waals surface area contributed by atoms with Crippen molar-refractivity contribution in [2.45, 2.75) is 6.92 Å². The summed E-state index contributed by atoms with van der Waals surface area (Å²) in [5.41, 5.74) is 2.19. The van der Waals surface area contributed by atoms with E-state index in [2.05, 4.69) is 5.10 Å². The van der Waals surface area contributed by atoms with Crippen molar-refractivity contribution in [2.24, 2.45) is 7.05 Å². The van der Waals surface area contributed by atoms with Gasteiger partial charge in [-0.25, -0.2) is 0 Å². The number of methoxy groups -OCH3 is 1. The van der Waals surface area contributed by atoms with Crippen molar-refractivity contribution in [1.29, 1.82) is 0 Å². The number of phenolic OH excluding ortho intramolecular Hbond substituents is 1. The van der Waals surface area contributed by atoms with Crippen molar-refractivity contribution in [1.82, 2.24) is 9.78 Å². The van der Waals surface area contributed by atoms with Crippen LogP contribution in [0.15, 0.2) is 30.3 Å². The lowest BCUT2D eigenvalue weighted by Gasteiger charge is -2.04. The molecule has 0 atom stereocenters. The lowest BCUT2D eigenvalue weighted by Crippen LogP contribution is -1.95. The molecule has 0 fully saturated rings. The van der Waals surface area contributed by atoms with Gasteiger partial charge in [-0.3, -0.25) is 9.48 Å². The van der Waals surface area contributed by atoms with E-state index in [1.165, 1.54) is 25.3 Å². The Morgan fingerprint density at radius 1 is 1.40 bits per heavy atom. The average molecular weight is 272 g/mol. The van der Waals surface area contributed by atoms with E-state index in [0.29, 0.717) is 5.56 Å². The van der Waals surface area contributed by atoms with Gasteiger partial charge in [0.15, 0.2) is 17.3 Å². The highest BCUT2D eigenvalue weighted by Crippen LogP contribution is 2.26. The zero-order chi connectivity index (χ0) is 14.7. The van der Waals surface area contributed by atoms with Crippen LogP contribution >= 0.6 is 0 Å². The van der Waals surface area contributed by atoms with Gasteiger partial charge >= 0.3 is 0 Å². The van der Waals surface area contributed by atoms with E-state index in [4.69, 9.17) is 4.74 Å². The molecule has 0 saturated heterocycles. The summed E-state index contributed by atoms with van der Waals surface area (Å²) in [5, 5.41) is 13.7. The zero-order valence-electron chi connectivity index (χ0n) is 11.6. The fraction of sp³-hybridized carbons (Fsp3) is 0.200. The molecule has 0 unspecified atom stereocenters. The molecule has 1 heterocycles. The Morgan fingerprint density at radius 2 is 2.15 bits per heavy atom. The number of carbonyl (C=O) groups excluding carboxylic acids is 1. The highest BCUT2D eigenvalue weighted by Gasteiger charge is 2.07. The van der Waals surface area contributed by atoms with Crippen LogP contribution in [0.4, 0.5) is 0 Å². The van der Waals surface area contributed by atoms with E-state index >= 15 is 0 Å². The largest absolute Gasteiger partial charge is 0.504 e. The van der Waals surface area contributed by atoms with Crippen LogP contribution in [0.25, 0.3) is 6.08 Å². The van der Waals surface area contributed by atoms with E-state index in [-0.39, 0.29) is 17.3 Å². The number of hydrogen-bond acceptors (Lipinski definition) is 4. The molecule has 1 N–H and O–H groups in total. The van der Waals surface area contributed by atoms with Crippen LogP contribution in [0.3, 0.4) is 0 Å². The maximum Gasteiger partial charge on any atom is 0.186 e. The van der Waals surface area contributed by atoms with Crippen LogP contribution in [0, 0.1) is 6.92 Å². The average Bonchev–Trinajstić information content (AvgIpc) is 2.75. The maximum atomic E-state index is 12.0. The van der Waals surface area contributed by atoms with Gasteiger partial charge in [0, 0.05) is 18.3 Å². The number of aromatic hydroxyl groups is 1. The molecule has 1 aromatic heterocycles. The Morgan fingerprint density at radius 3 is 2.75 bits per heavy atom. The first kappa shape index (κ1) is 13.9. The molecule has 0 saturated carbocycles. The van der Waals surface area contributed by atoms with E-state index in [0.717, 1.165) is 11.4 Å². The van der Waals surface area contributed by atoms with Crippen molar-refractivity contribution >= 4 is 11.9 Å². The van der Waals surface area contributed by atoms with Gasteiger partial charge in [0.1, 0.15) is 0 Å². The van der Waals surface area contributed by atoms with Crippen molar-refractivity contribution in [3.05, 3.63) is 47.3 Å². The Bertz CT molecular complexity index is 652. The molecule has 20 heavy (non-hydrogen) atoms. The molecule has 2 aromatic rings. The summed E-state index contributed by atoms with van der Waals surface area (Å²) < 4.78 is 6.72. The first-order valence-electron chi connectivity index (χ1n) is 6.11. The molecule has 5 nitrogen and oxygen atoms in total. The third kappa shape index (κ3) is 2.88. The van der Waals surface area contributed by atoms with Crippen LogP contribution in [0.2, 0.25) is 0 Å². The number of aryl methyl sites for hydroxylation is 2. The summed E-state index contributed by atoms with van der Waals surface area (Å²) in [6.07, 6.45) is 3.11. The number of rotatable bonds is 4. The Labute approximate surface area is 117 Å². The molecule has 0 bridgehead atoms. The summed E-state index contributed by atoms with van der Waals surface area (Å²) in [4.78, 5) is 12.0. The molecule has 0 aliphatic carbocycles. The van der Waals surface area contributed by atoms with Crippen LogP contribution in [-0.2, 0) is 7.05 Å². The summed E-state index contributed by atoms with van der Waals surface area (Å²) >= 11 is 0. The molecular formula is C15H16N2O3. The van der Waals surface area contributed by atoms with Crippen LogP contribution in [0.1, 0.15) is 21.7 Å². The normalized spacial score (nSPS) is 10.9. The molecule has 1 aromatic carbocycles. The number of aromatic nitrogens is 2. The number of carbonyl (C=O) groups is 1. The second-order valence-electron chi connectivity index (χ2n) is 4.42. The monoisotopic (exact) mass is 272 g/mol. The number of ether oxygens (including phenoxy) is 1. The van der Waals surface area contributed by atoms with Crippen LogP contribution < -0.4 is 4.74 Å². The van der Waals surface area contributed by atoms with Gasteiger partial charge in [-0.2, -0.15) is 5.10 Å². The van der Waals surface area contributed by atoms with E-state index in [9.17, 15) is 9.90 Å². The summed E-state index contributed by atoms with van der Waals surface area (Å²) in [6, 6.07) is 6.38. The van der Waals surface area contributed by atoms with Crippen LogP contribution in [0.5, 0.6) is 11.5 Å². The molecule has 0 aliphatic heterocycles. The molecular weight excluding hydrogens is 256 g/mol. The van der Waals surface area contributed by atoms with Gasteiger partial charge in [0.25, 0.3) is 0 Å². The van der Waals surface area contributed by atoms with Gasteiger partial charge in [-0.05, 0) is 43.3 Å². The zero-order valence-corrected chi connectivity index (χ0v) is 11.6. The minimum Gasteiger partial charge on any atom is -0.504 e. The Hall–Kier alpha value is -2.56. The first-order chi connectivity index (χ1) is 9.51. The number of hydrogen-bond donors (Lipinski definition) is 1. The second kappa shape index (κ2) is 5.61. The highest BCUT2D eigenvalue weighted by atomic mass is 16.5. The highest BCUT2D eigenvalue weighted by molar-refractivity contribution is 6.07. The summed E-state index contributed by atoms with van der Waals surface area (Å²) in [5.74, 6) is 0.109. The van der Waals surface area contributed by atoms with Gasteiger partial charge in [-0.15, -0.1) is 0 Å². The third-order valence-electron chi connectivity index (χ3n) is 3.00. The number of ketones is 1. The summed E-state index contributed by atoms with van der Waals surface area (Å²) in [7, 11) is 3.29. The lowest BCUT2D eigenvalue weighted by atomic mass is 10.1. The SMILES string of the molecule is COc1cc(C(=O)/C=C/c2cc(C)n(C)n2)ccc1O. The predicted octanol–water partition coefficient (Wildman–Crippen LogP) is 2.34. The molecule has 5 heteroatoms. The fourth-order valence-electron chi connectivity index (χ4n) is 1.76. The minimum absolute atomic E-state index is 0.00776. The van der Waals surface area contributed by atoms with E-state index in [1.807, 2.05) is 20.0 Å². The van der Waals surface area contributed by atoms with E-state index in [1.54, 1.807) is 16.8 Å². The Balaban J connectivity index is 2.19. The molecule has 0 aliphatic rings. The number of allylic oxidation sites excluding steroid dienone is 1. The number of phenols is 1. The second-order valence-corrected chi connectivity index (χ2v) is 4.42. The van der Waals surface area contributed by atoms with Gasteiger partial charge < -0.3 is 9.84 Å². The van der Waals surface area contributed by atoms with Gasteiger partial charge in [0.05, 0.1) is 12.8 Å². The fourth-order valence-corrected chi connectivity index (χ4v) is 1.76. The molecule has 0 radical (unpaired) electrons. The number of benzene rings is 1. The molecule has 104 valence electrons. The molecule has 0 amide bonds. The van der Waals surface area contributed by atoms with Gasteiger partial charge in [-0.1, -0.05) is 0 Å². The minimum atomic E-state index is -0.174. The van der Waals surface area contributed by atoms with Gasteiger partial charge in [0.2, 0.25) is 0 Å². The number of nitrogens with zero attached hydrogens (tertiary/aromatic N) is 2.